The van der Waals surface area contributed by atoms with E-state index in [0.717, 1.165) is 38.9 Å². The Morgan fingerprint density at radius 1 is 1.25 bits per heavy atom. The molecule has 1 atom stereocenters. The minimum atomic E-state index is 0.0293. The number of carbonyl (C=O) groups excluding carboxylic acids is 1. The predicted molar refractivity (Wildman–Crippen MR) is 72.9 cm³/mol. The first-order valence-electron chi connectivity index (χ1n) is 7.04. The molecular weight excluding hydrogens is 254 g/mol. The molecule has 1 unspecified atom stereocenters. The van der Waals surface area contributed by atoms with E-state index in [4.69, 9.17) is 5.26 Å². The average molecular weight is 271 g/mol. The van der Waals surface area contributed by atoms with Gasteiger partial charge in [0.05, 0.1) is 5.92 Å². The number of aromatic nitrogens is 2. The first-order valence-corrected chi connectivity index (χ1v) is 7.04. The smallest absolute Gasteiger partial charge is 0.227 e. The van der Waals surface area contributed by atoms with Gasteiger partial charge in [-0.15, -0.1) is 0 Å². The SMILES string of the molecule is N#Cc1nccnc1N1CCC(C(=O)N2CCCC2)C1. The van der Waals surface area contributed by atoms with Crippen LogP contribution in [-0.4, -0.2) is 47.0 Å². The third-order valence-electron chi connectivity index (χ3n) is 4.04. The van der Waals surface area contributed by atoms with Crippen LogP contribution in [0.1, 0.15) is 25.0 Å². The lowest BCUT2D eigenvalue weighted by Gasteiger charge is -2.21. The summed E-state index contributed by atoms with van der Waals surface area (Å²) in [6.07, 6.45) is 6.17. The molecule has 1 aromatic rings. The van der Waals surface area contributed by atoms with Crippen LogP contribution < -0.4 is 4.90 Å². The van der Waals surface area contributed by atoms with Crippen LogP contribution >= 0.6 is 0 Å². The fourth-order valence-electron chi connectivity index (χ4n) is 2.99. The molecule has 1 amide bonds. The van der Waals surface area contributed by atoms with E-state index >= 15 is 0 Å². The van der Waals surface area contributed by atoms with Gasteiger partial charge in [0, 0.05) is 38.6 Å². The van der Waals surface area contributed by atoms with Crippen molar-refractivity contribution in [3.05, 3.63) is 18.1 Å². The van der Waals surface area contributed by atoms with E-state index in [1.54, 1.807) is 6.20 Å². The topological polar surface area (TPSA) is 73.1 Å². The maximum absolute atomic E-state index is 12.4. The number of nitrogens with zero attached hydrogens (tertiary/aromatic N) is 5. The van der Waals surface area contributed by atoms with E-state index in [1.165, 1.54) is 6.20 Å². The van der Waals surface area contributed by atoms with Crippen molar-refractivity contribution < 1.29 is 4.79 Å². The summed E-state index contributed by atoms with van der Waals surface area (Å²) in [6, 6.07) is 2.06. The van der Waals surface area contributed by atoms with Crippen LogP contribution in [0.2, 0.25) is 0 Å². The van der Waals surface area contributed by atoms with Gasteiger partial charge in [0.1, 0.15) is 6.07 Å². The lowest BCUT2D eigenvalue weighted by molar-refractivity contribution is -0.133. The quantitative estimate of drug-likeness (QED) is 0.795. The van der Waals surface area contributed by atoms with Crippen molar-refractivity contribution in [3.63, 3.8) is 0 Å². The molecule has 2 fully saturated rings. The summed E-state index contributed by atoms with van der Waals surface area (Å²) < 4.78 is 0. The fourth-order valence-corrected chi connectivity index (χ4v) is 2.99. The third-order valence-corrected chi connectivity index (χ3v) is 4.04. The molecule has 1 aromatic heterocycles. The summed E-state index contributed by atoms with van der Waals surface area (Å²) >= 11 is 0. The molecule has 6 heteroatoms. The van der Waals surface area contributed by atoms with Gasteiger partial charge < -0.3 is 9.80 Å². The Kier molecular flexibility index (Phi) is 3.50. The van der Waals surface area contributed by atoms with Crippen LogP contribution in [0.5, 0.6) is 0 Å². The number of anilines is 1. The lowest BCUT2D eigenvalue weighted by atomic mass is 10.1. The van der Waals surface area contributed by atoms with Gasteiger partial charge >= 0.3 is 0 Å². The molecule has 6 nitrogen and oxygen atoms in total. The Morgan fingerprint density at radius 3 is 2.75 bits per heavy atom. The Morgan fingerprint density at radius 2 is 2.00 bits per heavy atom. The van der Waals surface area contributed by atoms with Gasteiger partial charge in [-0.3, -0.25) is 4.79 Å². The van der Waals surface area contributed by atoms with E-state index < -0.39 is 0 Å². The first kappa shape index (κ1) is 12.9. The Balaban J connectivity index is 1.70. The second-order valence-electron chi connectivity index (χ2n) is 5.30. The van der Waals surface area contributed by atoms with Crippen molar-refractivity contribution in [1.82, 2.24) is 14.9 Å². The highest BCUT2D eigenvalue weighted by Gasteiger charge is 2.33. The van der Waals surface area contributed by atoms with Crippen molar-refractivity contribution >= 4 is 11.7 Å². The van der Waals surface area contributed by atoms with E-state index in [0.29, 0.717) is 18.1 Å². The van der Waals surface area contributed by atoms with Gasteiger partial charge in [0.15, 0.2) is 11.5 Å². The van der Waals surface area contributed by atoms with E-state index in [-0.39, 0.29) is 11.8 Å². The standard InChI is InChI=1S/C14H17N5O/c15-9-12-13(17-5-4-16-12)19-8-3-11(10-19)14(20)18-6-1-2-7-18/h4-5,11H,1-3,6-8,10H2. The number of carbonyl (C=O) groups is 1. The number of hydrogen-bond acceptors (Lipinski definition) is 5. The molecule has 2 aliphatic heterocycles. The number of rotatable bonds is 2. The van der Waals surface area contributed by atoms with Crippen LogP contribution in [0.25, 0.3) is 0 Å². The van der Waals surface area contributed by atoms with Crippen LogP contribution in [0, 0.1) is 17.2 Å². The number of nitriles is 1. The van der Waals surface area contributed by atoms with Crippen LogP contribution in [-0.2, 0) is 4.79 Å². The van der Waals surface area contributed by atoms with Crippen molar-refractivity contribution in [2.75, 3.05) is 31.1 Å². The van der Waals surface area contributed by atoms with Gasteiger partial charge in [-0.1, -0.05) is 0 Å². The summed E-state index contributed by atoms with van der Waals surface area (Å²) in [6.45, 7) is 3.19. The van der Waals surface area contributed by atoms with Crippen molar-refractivity contribution in [2.45, 2.75) is 19.3 Å². The largest absolute Gasteiger partial charge is 0.353 e. The van der Waals surface area contributed by atoms with Crippen molar-refractivity contribution in [3.8, 4) is 6.07 Å². The highest BCUT2D eigenvalue weighted by atomic mass is 16.2. The minimum absolute atomic E-state index is 0.0293. The highest BCUT2D eigenvalue weighted by molar-refractivity contribution is 5.80. The molecule has 0 saturated carbocycles. The fraction of sp³-hybridized carbons (Fsp3) is 0.571. The molecule has 0 radical (unpaired) electrons. The first-order chi connectivity index (χ1) is 9.79. The number of amides is 1. The molecule has 3 rings (SSSR count). The monoisotopic (exact) mass is 271 g/mol. The maximum atomic E-state index is 12.4. The molecule has 0 N–H and O–H groups in total. The maximum Gasteiger partial charge on any atom is 0.227 e. The van der Waals surface area contributed by atoms with Crippen molar-refractivity contribution in [2.24, 2.45) is 5.92 Å². The molecule has 0 aromatic carbocycles. The van der Waals surface area contributed by atoms with E-state index in [2.05, 4.69) is 16.0 Å². The van der Waals surface area contributed by atoms with Gasteiger partial charge in [-0.25, -0.2) is 9.97 Å². The van der Waals surface area contributed by atoms with Gasteiger partial charge in [0.2, 0.25) is 5.91 Å². The average Bonchev–Trinajstić information content (AvgIpc) is 3.18. The second-order valence-corrected chi connectivity index (χ2v) is 5.30. The van der Waals surface area contributed by atoms with E-state index in [1.807, 2.05) is 9.80 Å². The Bertz CT molecular complexity index is 547. The summed E-state index contributed by atoms with van der Waals surface area (Å²) in [5.74, 6) is 0.890. The zero-order chi connectivity index (χ0) is 13.9. The van der Waals surface area contributed by atoms with Gasteiger partial charge in [-0.2, -0.15) is 5.26 Å². The van der Waals surface area contributed by atoms with Gasteiger partial charge in [0.25, 0.3) is 0 Å². The van der Waals surface area contributed by atoms with Gasteiger partial charge in [-0.05, 0) is 19.3 Å². The summed E-state index contributed by atoms with van der Waals surface area (Å²) in [7, 11) is 0. The molecule has 104 valence electrons. The molecule has 0 aliphatic carbocycles. The number of hydrogen-bond donors (Lipinski definition) is 0. The lowest BCUT2D eigenvalue weighted by Crippen LogP contribution is -2.35. The van der Waals surface area contributed by atoms with Crippen LogP contribution in [0.3, 0.4) is 0 Å². The van der Waals surface area contributed by atoms with E-state index in [9.17, 15) is 4.79 Å². The Hall–Kier alpha value is -2.16. The molecule has 0 spiro atoms. The zero-order valence-electron chi connectivity index (χ0n) is 11.3. The molecular formula is C14H17N5O. The van der Waals surface area contributed by atoms with Crippen LogP contribution in [0.4, 0.5) is 5.82 Å². The summed E-state index contributed by atoms with van der Waals surface area (Å²) in [5, 5.41) is 9.07. The normalized spacial score (nSPS) is 22.1. The van der Waals surface area contributed by atoms with Crippen molar-refractivity contribution in [1.29, 1.82) is 5.26 Å². The third kappa shape index (κ3) is 2.31. The molecule has 2 saturated heterocycles. The molecule has 3 heterocycles. The minimum Gasteiger partial charge on any atom is -0.353 e. The molecule has 20 heavy (non-hydrogen) atoms. The predicted octanol–water partition coefficient (Wildman–Crippen LogP) is 0.797. The zero-order valence-corrected chi connectivity index (χ0v) is 11.3. The molecule has 2 aliphatic rings. The summed E-state index contributed by atoms with van der Waals surface area (Å²) in [4.78, 5) is 24.6. The van der Waals surface area contributed by atoms with Crippen LogP contribution in [0.15, 0.2) is 12.4 Å². The Labute approximate surface area is 118 Å². The second kappa shape index (κ2) is 5.45. The number of likely N-dealkylation sites (tertiary alicyclic amines) is 1. The summed E-state index contributed by atoms with van der Waals surface area (Å²) in [5.41, 5.74) is 0.335. The highest BCUT2D eigenvalue weighted by Crippen LogP contribution is 2.26. The molecule has 0 bridgehead atoms.